The number of ether oxygens (including phenoxy) is 3. The molecule has 0 rings (SSSR count). The lowest BCUT2D eigenvalue weighted by Gasteiger charge is -2.17. The van der Waals surface area contributed by atoms with Crippen LogP contribution in [0.15, 0.2) is 0 Å². The van der Waals surface area contributed by atoms with Crippen molar-refractivity contribution in [2.24, 2.45) is 0 Å². The highest BCUT2D eigenvalue weighted by Gasteiger charge is 2.16. The summed E-state index contributed by atoms with van der Waals surface area (Å²) in [6, 6.07) is 0. The van der Waals surface area contributed by atoms with Crippen LogP contribution in [-0.4, -0.2) is 63.5 Å². The second-order valence-corrected chi connectivity index (χ2v) is 4.59. The number of halogens is 1. The topological polar surface area (TPSA) is 73.9 Å². The van der Waals surface area contributed by atoms with Crippen LogP contribution in [0.1, 0.15) is 27.2 Å². The van der Waals surface area contributed by atoms with E-state index in [0.717, 1.165) is 0 Å². The van der Waals surface area contributed by atoms with Crippen LogP contribution in [0.4, 0.5) is 4.39 Å². The zero-order valence-electron chi connectivity index (χ0n) is 13.0. The fourth-order valence-electron chi connectivity index (χ4n) is 1.31. The molecule has 1 N–H and O–H groups in total. The van der Waals surface area contributed by atoms with E-state index in [-0.39, 0.29) is 31.4 Å². The maximum Gasteiger partial charge on any atom is 0.216 e. The van der Waals surface area contributed by atoms with E-state index in [1.807, 2.05) is 0 Å². The van der Waals surface area contributed by atoms with E-state index in [9.17, 15) is 14.0 Å². The zero-order chi connectivity index (χ0) is 16.1. The molecule has 0 radical (unpaired) electrons. The standard InChI is InChI=1S/C14H26FNO5/c1-4-13(18)10-20-6-5-19-7-8-21-11(2)14(15)9-16-12(3)17/h11,14H,4-10H2,1-3H3,(H,16,17). The molecule has 0 spiro atoms. The Morgan fingerprint density at radius 1 is 1.14 bits per heavy atom. The molecule has 6 nitrogen and oxygen atoms in total. The number of hydrogen-bond acceptors (Lipinski definition) is 5. The summed E-state index contributed by atoms with van der Waals surface area (Å²) in [5, 5.41) is 2.40. The summed E-state index contributed by atoms with van der Waals surface area (Å²) in [6.45, 7) is 6.06. The minimum Gasteiger partial charge on any atom is -0.377 e. The number of rotatable bonds is 13. The highest BCUT2D eigenvalue weighted by atomic mass is 19.1. The summed E-state index contributed by atoms with van der Waals surface area (Å²) in [6.07, 6.45) is -1.40. The molecule has 7 heteroatoms. The molecular weight excluding hydrogens is 281 g/mol. The minimum absolute atomic E-state index is 0.0558. The van der Waals surface area contributed by atoms with Crippen LogP contribution < -0.4 is 5.32 Å². The van der Waals surface area contributed by atoms with Crippen LogP contribution in [0, 0.1) is 0 Å². The minimum atomic E-state index is -1.25. The third kappa shape index (κ3) is 12.4. The van der Waals surface area contributed by atoms with Crippen LogP contribution in [0.2, 0.25) is 0 Å². The fourth-order valence-corrected chi connectivity index (χ4v) is 1.31. The second-order valence-electron chi connectivity index (χ2n) is 4.59. The molecule has 0 aliphatic heterocycles. The van der Waals surface area contributed by atoms with Crippen molar-refractivity contribution < 1.29 is 28.2 Å². The van der Waals surface area contributed by atoms with Crippen molar-refractivity contribution in [1.29, 1.82) is 0 Å². The summed E-state index contributed by atoms with van der Waals surface area (Å²) in [4.78, 5) is 21.6. The molecule has 21 heavy (non-hydrogen) atoms. The lowest BCUT2D eigenvalue weighted by molar-refractivity contribution is -0.124. The van der Waals surface area contributed by atoms with Crippen molar-refractivity contribution in [3.05, 3.63) is 0 Å². The Morgan fingerprint density at radius 2 is 1.76 bits per heavy atom. The van der Waals surface area contributed by atoms with Crippen LogP contribution in [0.25, 0.3) is 0 Å². The molecule has 2 atom stereocenters. The summed E-state index contributed by atoms with van der Waals surface area (Å²) in [5.41, 5.74) is 0. The zero-order valence-corrected chi connectivity index (χ0v) is 13.0. The lowest BCUT2D eigenvalue weighted by Crippen LogP contribution is -2.35. The summed E-state index contributed by atoms with van der Waals surface area (Å²) in [5.74, 6) is -0.213. The monoisotopic (exact) mass is 307 g/mol. The van der Waals surface area contributed by atoms with E-state index in [1.54, 1.807) is 13.8 Å². The van der Waals surface area contributed by atoms with Crippen LogP contribution in [0.3, 0.4) is 0 Å². The van der Waals surface area contributed by atoms with Gasteiger partial charge in [0.25, 0.3) is 0 Å². The van der Waals surface area contributed by atoms with Crippen LogP contribution in [-0.2, 0) is 23.8 Å². The number of hydrogen-bond donors (Lipinski definition) is 1. The molecule has 2 unspecified atom stereocenters. The molecule has 0 saturated carbocycles. The van der Waals surface area contributed by atoms with Crippen LogP contribution in [0.5, 0.6) is 0 Å². The average molecular weight is 307 g/mol. The van der Waals surface area contributed by atoms with Crippen molar-refractivity contribution in [3.63, 3.8) is 0 Å². The number of amides is 1. The molecule has 0 heterocycles. The number of alkyl halides is 1. The molecule has 0 aromatic heterocycles. The Kier molecular flexibility index (Phi) is 12.0. The van der Waals surface area contributed by atoms with E-state index < -0.39 is 12.3 Å². The van der Waals surface area contributed by atoms with Gasteiger partial charge in [0.1, 0.15) is 12.8 Å². The summed E-state index contributed by atoms with van der Waals surface area (Å²) >= 11 is 0. The van der Waals surface area contributed by atoms with Gasteiger partial charge >= 0.3 is 0 Å². The first-order chi connectivity index (χ1) is 9.97. The molecule has 0 bridgehead atoms. The van der Waals surface area contributed by atoms with Gasteiger partial charge in [0.05, 0.1) is 39.1 Å². The van der Waals surface area contributed by atoms with Crippen molar-refractivity contribution in [2.45, 2.75) is 39.5 Å². The van der Waals surface area contributed by atoms with Crippen molar-refractivity contribution in [3.8, 4) is 0 Å². The third-order valence-electron chi connectivity index (χ3n) is 2.69. The normalized spacial score (nSPS) is 13.7. The Labute approximate surface area is 125 Å². The Hall–Kier alpha value is -1.05. The third-order valence-corrected chi connectivity index (χ3v) is 2.69. The molecule has 0 aliphatic carbocycles. The lowest BCUT2D eigenvalue weighted by atomic mass is 10.2. The number of carbonyl (C=O) groups is 2. The van der Waals surface area contributed by atoms with E-state index in [0.29, 0.717) is 26.2 Å². The first-order valence-electron chi connectivity index (χ1n) is 7.14. The van der Waals surface area contributed by atoms with Gasteiger partial charge < -0.3 is 19.5 Å². The maximum atomic E-state index is 13.5. The van der Waals surface area contributed by atoms with Gasteiger partial charge in [0.2, 0.25) is 5.91 Å². The highest BCUT2D eigenvalue weighted by molar-refractivity contribution is 5.79. The molecule has 1 amide bonds. The van der Waals surface area contributed by atoms with Gasteiger partial charge in [-0.15, -0.1) is 0 Å². The number of ketones is 1. The maximum absolute atomic E-state index is 13.5. The number of Topliss-reactive ketones (excluding diaryl/α,β-unsaturated/α-hetero) is 1. The van der Waals surface area contributed by atoms with Gasteiger partial charge in [-0.3, -0.25) is 9.59 Å². The number of nitrogens with one attached hydrogen (secondary N) is 1. The average Bonchev–Trinajstić information content (AvgIpc) is 2.46. The predicted molar refractivity (Wildman–Crippen MR) is 75.9 cm³/mol. The summed E-state index contributed by atoms with van der Waals surface area (Å²) in [7, 11) is 0. The van der Waals surface area contributed by atoms with Gasteiger partial charge in [-0.2, -0.15) is 0 Å². The largest absolute Gasteiger partial charge is 0.377 e. The van der Waals surface area contributed by atoms with Gasteiger partial charge in [0, 0.05) is 13.3 Å². The Balaban J connectivity index is 3.41. The fraction of sp³-hybridized carbons (Fsp3) is 0.857. The number of carbonyl (C=O) groups excluding carboxylic acids is 2. The molecule has 0 aliphatic rings. The van der Waals surface area contributed by atoms with E-state index in [4.69, 9.17) is 14.2 Å². The van der Waals surface area contributed by atoms with E-state index >= 15 is 0 Å². The second kappa shape index (κ2) is 12.7. The first-order valence-corrected chi connectivity index (χ1v) is 7.14. The molecule has 124 valence electrons. The molecule has 0 aromatic carbocycles. The smallest absolute Gasteiger partial charge is 0.216 e. The van der Waals surface area contributed by atoms with Gasteiger partial charge in [-0.05, 0) is 6.92 Å². The Bertz CT molecular complexity index is 301. The highest BCUT2D eigenvalue weighted by Crippen LogP contribution is 2.02. The molecule has 0 saturated heterocycles. The predicted octanol–water partition coefficient (Wildman–Crippen LogP) is 0.878. The van der Waals surface area contributed by atoms with E-state index in [2.05, 4.69) is 5.32 Å². The molecule has 0 aromatic rings. The Morgan fingerprint density at radius 3 is 2.38 bits per heavy atom. The van der Waals surface area contributed by atoms with Crippen molar-refractivity contribution in [2.75, 3.05) is 39.6 Å². The van der Waals surface area contributed by atoms with Crippen molar-refractivity contribution in [1.82, 2.24) is 5.32 Å². The van der Waals surface area contributed by atoms with Gasteiger partial charge in [-0.1, -0.05) is 6.92 Å². The van der Waals surface area contributed by atoms with Crippen molar-refractivity contribution >= 4 is 11.7 Å². The first kappa shape index (κ1) is 19.9. The van der Waals surface area contributed by atoms with Crippen LogP contribution >= 0.6 is 0 Å². The van der Waals surface area contributed by atoms with Gasteiger partial charge in [-0.25, -0.2) is 4.39 Å². The quantitative estimate of drug-likeness (QED) is 0.511. The molecule has 0 fully saturated rings. The SMILES string of the molecule is CCC(=O)COCCOCCOC(C)C(F)CNC(C)=O. The van der Waals surface area contributed by atoms with E-state index in [1.165, 1.54) is 6.92 Å². The van der Waals surface area contributed by atoms with Gasteiger partial charge in [0.15, 0.2) is 5.78 Å². The molecular formula is C14H26FNO5. The summed E-state index contributed by atoms with van der Waals surface area (Å²) < 4.78 is 29.1.